The Balaban J connectivity index is 2.34. The summed E-state index contributed by atoms with van der Waals surface area (Å²) < 4.78 is 5.45. The van der Waals surface area contributed by atoms with Crippen molar-refractivity contribution in [3.63, 3.8) is 0 Å². The lowest BCUT2D eigenvalue weighted by atomic mass is 10.2. The lowest BCUT2D eigenvalue weighted by Crippen LogP contribution is -2.22. The first kappa shape index (κ1) is 11.7. The van der Waals surface area contributed by atoms with Gasteiger partial charge in [0, 0.05) is 23.9 Å². The molecule has 0 aliphatic carbocycles. The summed E-state index contributed by atoms with van der Waals surface area (Å²) in [6.45, 7) is 8.19. The van der Waals surface area contributed by atoms with E-state index in [0.29, 0.717) is 5.25 Å². The van der Waals surface area contributed by atoms with Gasteiger partial charge in [-0.15, -0.1) is 0 Å². The molecule has 0 spiro atoms. The molecule has 0 aliphatic rings. The van der Waals surface area contributed by atoms with Crippen molar-refractivity contribution < 1.29 is 4.42 Å². The largest absolute Gasteiger partial charge is 0.466 e. The fraction of sp³-hybridized carbons (Fsp3) is 0.636. The first-order valence-corrected chi connectivity index (χ1v) is 6.21. The van der Waals surface area contributed by atoms with E-state index in [4.69, 9.17) is 4.42 Å². The maximum atomic E-state index is 5.45. The number of nitrogens with one attached hydrogen (secondary N) is 1. The maximum Gasteiger partial charge on any atom is 0.105 e. The highest BCUT2D eigenvalue weighted by Crippen LogP contribution is 2.13. The molecule has 1 atom stereocenters. The second kappa shape index (κ2) is 5.47. The van der Waals surface area contributed by atoms with Crippen molar-refractivity contribution in [2.45, 2.75) is 32.6 Å². The zero-order valence-electron chi connectivity index (χ0n) is 9.39. The summed E-state index contributed by atoms with van der Waals surface area (Å²) in [6.07, 6.45) is 2.14. The van der Waals surface area contributed by atoms with Crippen molar-refractivity contribution in [2.24, 2.45) is 0 Å². The molecule has 0 amide bonds. The van der Waals surface area contributed by atoms with E-state index in [2.05, 4.69) is 24.6 Å². The van der Waals surface area contributed by atoms with Crippen LogP contribution in [0.3, 0.4) is 0 Å². The molecule has 3 heteroatoms. The van der Waals surface area contributed by atoms with Gasteiger partial charge < -0.3 is 9.73 Å². The third kappa shape index (κ3) is 3.39. The molecule has 0 bridgehead atoms. The third-order valence-corrected chi connectivity index (χ3v) is 3.26. The Hall–Kier alpha value is -0.410. The van der Waals surface area contributed by atoms with Crippen molar-refractivity contribution in [3.8, 4) is 0 Å². The van der Waals surface area contributed by atoms with Gasteiger partial charge >= 0.3 is 0 Å². The fourth-order valence-corrected chi connectivity index (χ4v) is 1.64. The monoisotopic (exact) mass is 213 g/mol. The number of thioether (sulfide) groups is 1. The van der Waals surface area contributed by atoms with E-state index in [1.54, 1.807) is 0 Å². The van der Waals surface area contributed by atoms with Crippen molar-refractivity contribution in [3.05, 3.63) is 23.2 Å². The number of hydrogen-bond donors (Lipinski definition) is 1. The molecule has 0 saturated heterocycles. The highest BCUT2D eigenvalue weighted by atomic mass is 32.2. The topological polar surface area (TPSA) is 25.2 Å². The Kier molecular flexibility index (Phi) is 4.55. The predicted octanol–water partition coefficient (Wildman–Crippen LogP) is 2.74. The number of furan rings is 1. The molecular weight excluding hydrogens is 194 g/mol. The molecule has 1 heterocycles. The van der Waals surface area contributed by atoms with Crippen molar-refractivity contribution >= 4 is 11.8 Å². The fourth-order valence-electron chi connectivity index (χ4n) is 1.35. The normalized spacial score (nSPS) is 13.1. The molecule has 0 saturated carbocycles. The SMILES string of the molecule is CSC(C)CNCc1cc(C)oc1C. The van der Waals surface area contributed by atoms with E-state index in [1.807, 2.05) is 25.6 Å². The average molecular weight is 213 g/mol. The van der Waals surface area contributed by atoms with Gasteiger partial charge in [0.25, 0.3) is 0 Å². The molecule has 1 rings (SSSR count). The lowest BCUT2D eigenvalue weighted by molar-refractivity contribution is 0.499. The van der Waals surface area contributed by atoms with Crippen LogP contribution in [0.15, 0.2) is 10.5 Å². The quantitative estimate of drug-likeness (QED) is 0.814. The van der Waals surface area contributed by atoms with Gasteiger partial charge in [-0.1, -0.05) is 6.92 Å². The average Bonchev–Trinajstić information content (AvgIpc) is 2.45. The summed E-state index contributed by atoms with van der Waals surface area (Å²) >= 11 is 1.88. The summed E-state index contributed by atoms with van der Waals surface area (Å²) in [7, 11) is 0. The Labute approximate surface area is 90.5 Å². The standard InChI is InChI=1S/C11H19NOS/c1-8-5-11(10(3)13-8)7-12-6-9(2)14-4/h5,9,12H,6-7H2,1-4H3. The van der Waals surface area contributed by atoms with Crippen LogP contribution >= 0.6 is 11.8 Å². The van der Waals surface area contributed by atoms with Gasteiger partial charge in [-0.2, -0.15) is 11.8 Å². The molecule has 0 radical (unpaired) electrons. The molecule has 80 valence electrons. The second-order valence-electron chi connectivity index (χ2n) is 3.62. The zero-order valence-corrected chi connectivity index (χ0v) is 10.2. The van der Waals surface area contributed by atoms with Crippen LogP contribution in [0, 0.1) is 13.8 Å². The van der Waals surface area contributed by atoms with Crippen LogP contribution in [0.5, 0.6) is 0 Å². The van der Waals surface area contributed by atoms with E-state index in [9.17, 15) is 0 Å². The first-order valence-electron chi connectivity index (χ1n) is 4.93. The van der Waals surface area contributed by atoms with Crippen molar-refractivity contribution in [1.82, 2.24) is 5.32 Å². The third-order valence-electron chi connectivity index (χ3n) is 2.29. The van der Waals surface area contributed by atoms with Gasteiger partial charge in [0.05, 0.1) is 0 Å². The Morgan fingerprint density at radius 2 is 2.21 bits per heavy atom. The summed E-state index contributed by atoms with van der Waals surface area (Å²) in [5, 5.41) is 4.10. The molecule has 1 aromatic rings. The minimum absolute atomic E-state index is 0.670. The number of aryl methyl sites for hydroxylation is 2. The minimum atomic E-state index is 0.670. The van der Waals surface area contributed by atoms with Crippen LogP contribution in [0.2, 0.25) is 0 Å². The molecule has 0 aromatic carbocycles. The van der Waals surface area contributed by atoms with Gasteiger partial charge in [-0.3, -0.25) is 0 Å². The molecule has 1 aromatic heterocycles. The van der Waals surface area contributed by atoms with Gasteiger partial charge in [0.1, 0.15) is 11.5 Å². The van der Waals surface area contributed by atoms with Crippen molar-refractivity contribution in [2.75, 3.05) is 12.8 Å². The lowest BCUT2D eigenvalue weighted by Gasteiger charge is -2.08. The van der Waals surface area contributed by atoms with Crippen LogP contribution in [0.4, 0.5) is 0 Å². The van der Waals surface area contributed by atoms with E-state index in [1.165, 1.54) is 5.56 Å². The molecule has 1 unspecified atom stereocenters. The molecule has 0 fully saturated rings. The maximum absolute atomic E-state index is 5.45. The predicted molar refractivity (Wildman–Crippen MR) is 62.9 cm³/mol. The van der Waals surface area contributed by atoms with Gasteiger partial charge in [0.2, 0.25) is 0 Å². The summed E-state index contributed by atoms with van der Waals surface area (Å²) in [5.41, 5.74) is 1.27. The summed E-state index contributed by atoms with van der Waals surface area (Å²) in [6, 6.07) is 2.10. The van der Waals surface area contributed by atoms with E-state index in [-0.39, 0.29) is 0 Å². The van der Waals surface area contributed by atoms with Crippen LogP contribution in [0.25, 0.3) is 0 Å². The highest BCUT2D eigenvalue weighted by molar-refractivity contribution is 7.99. The number of hydrogen-bond acceptors (Lipinski definition) is 3. The number of rotatable bonds is 5. The Bertz CT molecular complexity index is 283. The Morgan fingerprint density at radius 1 is 1.50 bits per heavy atom. The summed E-state index contributed by atoms with van der Waals surface area (Å²) in [5.74, 6) is 2.03. The van der Waals surface area contributed by atoms with E-state index in [0.717, 1.165) is 24.6 Å². The second-order valence-corrected chi connectivity index (χ2v) is 4.89. The Morgan fingerprint density at radius 3 is 2.71 bits per heavy atom. The molecule has 2 nitrogen and oxygen atoms in total. The van der Waals surface area contributed by atoms with Crippen LogP contribution in [0.1, 0.15) is 24.0 Å². The van der Waals surface area contributed by atoms with E-state index >= 15 is 0 Å². The minimum Gasteiger partial charge on any atom is -0.466 e. The smallest absolute Gasteiger partial charge is 0.105 e. The van der Waals surface area contributed by atoms with Gasteiger partial charge in [-0.05, 0) is 26.2 Å². The van der Waals surface area contributed by atoms with Gasteiger partial charge in [0.15, 0.2) is 0 Å². The molecule has 0 aliphatic heterocycles. The molecule has 1 N–H and O–H groups in total. The molecular formula is C11H19NOS. The first-order chi connectivity index (χ1) is 6.63. The van der Waals surface area contributed by atoms with E-state index < -0.39 is 0 Å². The highest BCUT2D eigenvalue weighted by Gasteiger charge is 2.04. The molecule has 14 heavy (non-hydrogen) atoms. The summed E-state index contributed by atoms with van der Waals surface area (Å²) in [4.78, 5) is 0. The van der Waals surface area contributed by atoms with Crippen LogP contribution < -0.4 is 5.32 Å². The van der Waals surface area contributed by atoms with Crippen molar-refractivity contribution in [1.29, 1.82) is 0 Å². The van der Waals surface area contributed by atoms with Crippen LogP contribution in [-0.2, 0) is 6.54 Å². The van der Waals surface area contributed by atoms with Crippen LogP contribution in [-0.4, -0.2) is 18.1 Å². The zero-order chi connectivity index (χ0) is 10.6. The van der Waals surface area contributed by atoms with Gasteiger partial charge in [-0.25, -0.2) is 0 Å².